The van der Waals surface area contributed by atoms with Gasteiger partial charge >= 0.3 is 0 Å². The molecule has 0 atom stereocenters. The summed E-state index contributed by atoms with van der Waals surface area (Å²) in [4.78, 5) is 0. The van der Waals surface area contributed by atoms with Crippen LogP contribution in [0.3, 0.4) is 0 Å². The number of aryl methyl sites for hydroxylation is 1. The molecule has 0 amide bonds. The van der Waals surface area contributed by atoms with Crippen molar-refractivity contribution in [1.82, 2.24) is 9.78 Å². The lowest BCUT2D eigenvalue weighted by atomic mass is 10.2. The van der Waals surface area contributed by atoms with Crippen LogP contribution in [0.25, 0.3) is 5.69 Å². The number of hydrogen-bond acceptors (Lipinski definition) is 2. The Hall–Kier alpha value is -1.60. The number of hydrogen-bond donors (Lipinski definition) is 0. The van der Waals surface area contributed by atoms with Crippen molar-refractivity contribution in [3.63, 3.8) is 0 Å². The van der Waals surface area contributed by atoms with Crippen molar-refractivity contribution in [3.8, 4) is 11.8 Å². The number of rotatable bonds is 2. The number of benzene rings is 1. The number of nitrogens with zero attached hydrogens (tertiary/aromatic N) is 3. The van der Waals surface area contributed by atoms with Crippen molar-refractivity contribution in [2.24, 2.45) is 0 Å². The van der Waals surface area contributed by atoms with Crippen LogP contribution in [0.4, 0.5) is 0 Å². The van der Waals surface area contributed by atoms with Gasteiger partial charge in [-0.2, -0.15) is 10.4 Å². The Morgan fingerprint density at radius 3 is 2.69 bits per heavy atom. The van der Waals surface area contributed by atoms with E-state index in [1.165, 1.54) is 5.56 Å². The van der Waals surface area contributed by atoms with Gasteiger partial charge in [-0.15, -0.1) is 0 Å². The maximum Gasteiger partial charge on any atom is 0.0911 e. The van der Waals surface area contributed by atoms with Gasteiger partial charge in [-0.25, -0.2) is 4.68 Å². The molecule has 16 heavy (non-hydrogen) atoms. The highest BCUT2D eigenvalue weighted by Crippen LogP contribution is 2.18. The first-order chi connectivity index (χ1) is 7.70. The van der Waals surface area contributed by atoms with E-state index in [2.05, 4.69) is 27.1 Å². The fourth-order valence-corrected chi connectivity index (χ4v) is 1.83. The van der Waals surface area contributed by atoms with Gasteiger partial charge in [-0.1, -0.05) is 17.7 Å². The minimum atomic E-state index is 0.319. The molecule has 2 rings (SSSR count). The molecule has 0 radical (unpaired) electrons. The van der Waals surface area contributed by atoms with Gasteiger partial charge in [0.1, 0.15) is 0 Å². The maximum absolute atomic E-state index is 8.64. The van der Waals surface area contributed by atoms with Gasteiger partial charge in [-0.05, 0) is 35.0 Å². The Morgan fingerprint density at radius 2 is 2.06 bits per heavy atom. The molecule has 1 aromatic carbocycles. The lowest BCUT2D eigenvalue weighted by Crippen LogP contribution is -1.95. The van der Waals surface area contributed by atoms with E-state index in [1.807, 2.05) is 37.4 Å². The SMILES string of the molecule is Cc1ccc(-n2cc(Br)c(CC#N)n2)cc1. The molecule has 80 valence electrons. The zero-order chi connectivity index (χ0) is 11.5. The van der Waals surface area contributed by atoms with Crippen LogP contribution in [0, 0.1) is 18.3 Å². The van der Waals surface area contributed by atoms with Gasteiger partial charge in [0.2, 0.25) is 0 Å². The normalized spacial score (nSPS) is 10.1. The second kappa shape index (κ2) is 4.50. The van der Waals surface area contributed by atoms with Gasteiger partial charge in [0, 0.05) is 6.20 Å². The molecular weight excluding hydrogens is 266 g/mol. The van der Waals surface area contributed by atoms with Crippen LogP contribution < -0.4 is 0 Å². The van der Waals surface area contributed by atoms with E-state index < -0.39 is 0 Å². The first kappa shape index (κ1) is 10.9. The Balaban J connectivity index is 2.38. The third-order valence-electron chi connectivity index (χ3n) is 2.28. The van der Waals surface area contributed by atoms with Gasteiger partial charge in [-0.3, -0.25) is 0 Å². The molecule has 0 spiro atoms. The van der Waals surface area contributed by atoms with Gasteiger partial charge in [0.05, 0.1) is 28.3 Å². The van der Waals surface area contributed by atoms with Gasteiger partial charge in [0.15, 0.2) is 0 Å². The molecule has 0 aliphatic carbocycles. The maximum atomic E-state index is 8.64. The predicted molar refractivity (Wildman–Crippen MR) is 65.3 cm³/mol. The number of nitriles is 1. The molecule has 0 aliphatic heterocycles. The average Bonchev–Trinajstić information content (AvgIpc) is 2.62. The highest BCUT2D eigenvalue weighted by atomic mass is 79.9. The molecule has 0 saturated carbocycles. The summed E-state index contributed by atoms with van der Waals surface area (Å²) in [5, 5.41) is 13.0. The summed E-state index contributed by atoms with van der Waals surface area (Å²) in [6, 6.07) is 10.2. The minimum Gasteiger partial charge on any atom is -0.240 e. The van der Waals surface area contributed by atoms with E-state index >= 15 is 0 Å². The van der Waals surface area contributed by atoms with Crippen LogP contribution in [0.15, 0.2) is 34.9 Å². The molecule has 0 N–H and O–H groups in total. The molecule has 0 unspecified atom stereocenters. The fraction of sp³-hybridized carbons (Fsp3) is 0.167. The Labute approximate surface area is 102 Å². The van der Waals surface area contributed by atoms with Crippen molar-refractivity contribution in [1.29, 1.82) is 5.26 Å². The molecule has 0 bridgehead atoms. The molecule has 2 aromatic rings. The zero-order valence-corrected chi connectivity index (χ0v) is 10.4. The van der Waals surface area contributed by atoms with E-state index in [9.17, 15) is 0 Å². The van der Waals surface area contributed by atoms with E-state index in [0.29, 0.717) is 6.42 Å². The molecule has 0 aliphatic rings. The summed E-state index contributed by atoms with van der Waals surface area (Å²) in [7, 11) is 0. The number of halogens is 1. The van der Waals surface area contributed by atoms with E-state index in [1.54, 1.807) is 4.68 Å². The molecule has 3 nitrogen and oxygen atoms in total. The molecule has 4 heteroatoms. The van der Waals surface area contributed by atoms with Crippen molar-refractivity contribution in [2.45, 2.75) is 13.3 Å². The summed E-state index contributed by atoms with van der Waals surface area (Å²) in [5.74, 6) is 0. The molecule has 1 heterocycles. The van der Waals surface area contributed by atoms with E-state index in [-0.39, 0.29) is 0 Å². The minimum absolute atomic E-state index is 0.319. The quantitative estimate of drug-likeness (QED) is 0.846. The van der Waals surface area contributed by atoms with Crippen molar-refractivity contribution in [3.05, 3.63) is 46.2 Å². The van der Waals surface area contributed by atoms with Crippen LogP contribution >= 0.6 is 15.9 Å². The topological polar surface area (TPSA) is 41.6 Å². The highest BCUT2D eigenvalue weighted by molar-refractivity contribution is 9.10. The lowest BCUT2D eigenvalue weighted by Gasteiger charge is -2.00. The number of aromatic nitrogens is 2. The monoisotopic (exact) mass is 275 g/mol. The Morgan fingerprint density at radius 1 is 1.38 bits per heavy atom. The van der Waals surface area contributed by atoms with E-state index in [0.717, 1.165) is 15.9 Å². The third kappa shape index (κ3) is 2.15. The Bertz CT molecular complexity index is 534. The summed E-state index contributed by atoms with van der Waals surface area (Å²) in [6.45, 7) is 2.05. The molecule has 0 saturated heterocycles. The first-order valence-electron chi connectivity index (χ1n) is 4.89. The summed E-state index contributed by atoms with van der Waals surface area (Å²) < 4.78 is 2.64. The molecular formula is C12H10BrN3. The third-order valence-corrected chi connectivity index (χ3v) is 2.95. The van der Waals surface area contributed by atoms with Crippen LogP contribution in [-0.2, 0) is 6.42 Å². The average molecular weight is 276 g/mol. The largest absolute Gasteiger partial charge is 0.240 e. The fourth-order valence-electron chi connectivity index (χ4n) is 1.41. The first-order valence-corrected chi connectivity index (χ1v) is 5.68. The van der Waals surface area contributed by atoms with Crippen molar-refractivity contribution in [2.75, 3.05) is 0 Å². The highest BCUT2D eigenvalue weighted by Gasteiger charge is 2.06. The summed E-state index contributed by atoms with van der Waals surface area (Å²) >= 11 is 3.40. The van der Waals surface area contributed by atoms with Crippen molar-refractivity contribution >= 4 is 15.9 Å². The Kier molecular flexibility index (Phi) is 3.07. The predicted octanol–water partition coefficient (Wildman–Crippen LogP) is 3.01. The van der Waals surface area contributed by atoms with Crippen LogP contribution in [0.1, 0.15) is 11.3 Å². The summed E-state index contributed by atoms with van der Waals surface area (Å²) in [6.07, 6.45) is 2.19. The van der Waals surface area contributed by atoms with E-state index in [4.69, 9.17) is 5.26 Å². The zero-order valence-electron chi connectivity index (χ0n) is 8.81. The van der Waals surface area contributed by atoms with Gasteiger partial charge < -0.3 is 0 Å². The van der Waals surface area contributed by atoms with Gasteiger partial charge in [0.25, 0.3) is 0 Å². The van der Waals surface area contributed by atoms with Crippen LogP contribution in [-0.4, -0.2) is 9.78 Å². The second-order valence-electron chi connectivity index (χ2n) is 3.54. The van der Waals surface area contributed by atoms with Crippen molar-refractivity contribution < 1.29 is 0 Å². The van der Waals surface area contributed by atoms with Crippen LogP contribution in [0.2, 0.25) is 0 Å². The molecule has 1 aromatic heterocycles. The lowest BCUT2D eigenvalue weighted by molar-refractivity contribution is 0.852. The standard InChI is InChI=1S/C12H10BrN3/c1-9-2-4-10(5-3-9)16-8-11(13)12(15-16)6-7-14/h2-5,8H,6H2,1H3. The summed E-state index contributed by atoms with van der Waals surface area (Å²) in [5.41, 5.74) is 2.98. The smallest absolute Gasteiger partial charge is 0.0911 e. The van der Waals surface area contributed by atoms with Crippen LogP contribution in [0.5, 0.6) is 0 Å². The molecule has 0 fully saturated rings. The second-order valence-corrected chi connectivity index (χ2v) is 4.39.